The third-order valence-corrected chi connectivity index (χ3v) is 8.91. The van der Waals surface area contributed by atoms with Gasteiger partial charge in [-0.1, -0.05) is 43.5 Å². The van der Waals surface area contributed by atoms with Gasteiger partial charge in [-0.3, -0.25) is 4.79 Å². The number of fused-ring (bicyclic) bond motifs is 5. The van der Waals surface area contributed by atoms with Gasteiger partial charge in [0.1, 0.15) is 0 Å². The minimum atomic E-state index is -0.903. The second-order valence-electron chi connectivity index (χ2n) is 11.0. The Morgan fingerprint density at radius 2 is 1.69 bits per heavy atom. The molecule has 0 spiro atoms. The number of anilines is 1. The smallest absolute Gasteiger partial charge is 0.335 e. The summed E-state index contributed by atoms with van der Waals surface area (Å²) in [4.78, 5) is 29.5. The fourth-order valence-corrected chi connectivity index (χ4v) is 6.90. The van der Waals surface area contributed by atoms with E-state index in [1.165, 1.54) is 35.9 Å². The second kappa shape index (κ2) is 11.6. The number of methoxy groups -OCH3 is 1. The number of aromatic carboxylic acids is 1. The van der Waals surface area contributed by atoms with Gasteiger partial charge in [0, 0.05) is 55.4 Å². The SMILES string of the molecule is COC1CCN(C(=O)CN2CCn3c(c(C4CCCCC4)c4ccc(C(=O)O)cc43)-c3ccccc32)CC1.Cl. The molecule has 2 fully saturated rings. The molecule has 8 heteroatoms. The number of rotatable bonds is 5. The van der Waals surface area contributed by atoms with Gasteiger partial charge in [-0.15, -0.1) is 12.4 Å². The molecule has 1 aromatic heterocycles. The van der Waals surface area contributed by atoms with Crippen molar-refractivity contribution in [2.24, 2.45) is 0 Å². The number of benzene rings is 2. The van der Waals surface area contributed by atoms with Gasteiger partial charge in [0.15, 0.2) is 0 Å². The van der Waals surface area contributed by atoms with Gasteiger partial charge >= 0.3 is 5.97 Å². The van der Waals surface area contributed by atoms with Gasteiger partial charge in [0.2, 0.25) is 5.91 Å². The summed E-state index contributed by atoms with van der Waals surface area (Å²) in [6, 6.07) is 14.1. The van der Waals surface area contributed by atoms with Crippen LogP contribution >= 0.6 is 12.4 Å². The Kier molecular flexibility index (Phi) is 8.19. The molecule has 1 saturated heterocycles. The van der Waals surface area contributed by atoms with E-state index in [1.807, 2.05) is 17.0 Å². The Hall–Kier alpha value is -3.03. The fourth-order valence-electron chi connectivity index (χ4n) is 6.90. The van der Waals surface area contributed by atoms with E-state index in [-0.39, 0.29) is 24.4 Å². The topological polar surface area (TPSA) is 75.0 Å². The fraction of sp³-hybridized carbons (Fsp3) is 0.484. The molecular weight excluding hydrogens is 514 g/mol. The number of hydrogen-bond donors (Lipinski definition) is 1. The summed E-state index contributed by atoms with van der Waals surface area (Å²) in [5.41, 5.74) is 6.11. The van der Waals surface area contributed by atoms with Crippen molar-refractivity contribution in [2.75, 3.05) is 38.2 Å². The quantitative estimate of drug-likeness (QED) is 0.425. The number of piperidine rings is 1. The number of nitrogens with zero attached hydrogens (tertiary/aromatic N) is 3. The average molecular weight is 552 g/mol. The van der Waals surface area contributed by atoms with E-state index >= 15 is 0 Å². The Morgan fingerprint density at radius 1 is 0.949 bits per heavy atom. The number of halogens is 1. The van der Waals surface area contributed by atoms with Crippen LogP contribution in [0.3, 0.4) is 0 Å². The number of carboxylic acid groups (broad SMARTS) is 1. The maximum absolute atomic E-state index is 13.4. The first-order valence-corrected chi connectivity index (χ1v) is 14.1. The maximum Gasteiger partial charge on any atom is 0.335 e. The molecule has 2 aliphatic heterocycles. The third-order valence-electron chi connectivity index (χ3n) is 8.91. The highest BCUT2D eigenvalue weighted by Gasteiger charge is 2.32. The number of aromatic nitrogens is 1. The molecular formula is C31H38ClN3O4. The Bertz CT molecular complexity index is 1360. The number of amides is 1. The normalized spacial score (nSPS) is 18.3. The van der Waals surface area contributed by atoms with E-state index in [2.05, 4.69) is 33.7 Å². The lowest BCUT2D eigenvalue weighted by atomic mass is 9.81. The molecule has 0 radical (unpaired) electrons. The first kappa shape index (κ1) is 27.5. The van der Waals surface area contributed by atoms with E-state index in [0.717, 1.165) is 55.5 Å². The van der Waals surface area contributed by atoms with Gasteiger partial charge < -0.3 is 24.2 Å². The summed E-state index contributed by atoms with van der Waals surface area (Å²) in [5.74, 6) is -0.284. The van der Waals surface area contributed by atoms with Gasteiger partial charge in [-0.05, 0) is 55.4 Å². The molecule has 39 heavy (non-hydrogen) atoms. The zero-order valence-electron chi connectivity index (χ0n) is 22.6. The van der Waals surface area contributed by atoms with Gasteiger partial charge in [0.05, 0.1) is 23.9 Å². The first-order valence-electron chi connectivity index (χ1n) is 14.1. The van der Waals surface area contributed by atoms with Crippen molar-refractivity contribution in [3.05, 3.63) is 53.6 Å². The summed E-state index contributed by atoms with van der Waals surface area (Å²) >= 11 is 0. The molecule has 3 aromatic rings. The van der Waals surface area contributed by atoms with Crippen LogP contribution in [-0.4, -0.2) is 65.8 Å². The summed E-state index contributed by atoms with van der Waals surface area (Å²) in [6.45, 7) is 3.21. The van der Waals surface area contributed by atoms with Gasteiger partial charge in [0.25, 0.3) is 0 Å². The van der Waals surface area contributed by atoms with Crippen molar-refractivity contribution >= 4 is 40.9 Å². The van der Waals surface area contributed by atoms with Crippen LogP contribution < -0.4 is 4.90 Å². The molecule has 0 bridgehead atoms. The number of hydrogen-bond acceptors (Lipinski definition) is 4. The predicted molar refractivity (Wildman–Crippen MR) is 156 cm³/mol. The standard InChI is InChI=1S/C31H37N3O4.ClH/c1-38-23-13-15-32(16-14-23)28(35)20-33-17-18-34-27-19-22(31(36)37)11-12-24(27)29(21-7-3-2-4-8-21)30(34)25-9-5-6-10-26(25)33;/h5-6,9-12,19,21,23H,2-4,7-8,13-18,20H2,1H3,(H,36,37);1H. The average Bonchev–Trinajstić information content (AvgIpc) is 3.20. The van der Waals surface area contributed by atoms with E-state index in [0.29, 0.717) is 31.1 Å². The van der Waals surface area contributed by atoms with E-state index < -0.39 is 5.97 Å². The van der Waals surface area contributed by atoms with Crippen molar-refractivity contribution < 1.29 is 19.4 Å². The van der Waals surface area contributed by atoms with E-state index in [1.54, 1.807) is 13.2 Å². The Morgan fingerprint density at radius 3 is 2.41 bits per heavy atom. The lowest BCUT2D eigenvalue weighted by molar-refractivity contribution is -0.132. The van der Waals surface area contributed by atoms with Crippen LogP contribution in [0.4, 0.5) is 5.69 Å². The number of carbonyl (C=O) groups is 2. The molecule has 1 saturated carbocycles. The van der Waals surface area contributed by atoms with Crippen molar-refractivity contribution in [1.82, 2.24) is 9.47 Å². The van der Waals surface area contributed by atoms with Crippen LogP contribution in [-0.2, 0) is 16.1 Å². The summed E-state index contributed by atoms with van der Waals surface area (Å²) in [6.07, 6.45) is 8.06. The number of ether oxygens (including phenoxy) is 1. The predicted octanol–water partition coefficient (Wildman–Crippen LogP) is 5.93. The number of para-hydroxylation sites is 1. The van der Waals surface area contributed by atoms with Crippen LogP contribution in [0.15, 0.2) is 42.5 Å². The highest BCUT2D eigenvalue weighted by Crippen LogP contribution is 2.47. The molecule has 3 heterocycles. The zero-order valence-corrected chi connectivity index (χ0v) is 23.4. The molecule has 208 valence electrons. The van der Waals surface area contributed by atoms with E-state index in [4.69, 9.17) is 4.74 Å². The third kappa shape index (κ3) is 5.14. The first-order chi connectivity index (χ1) is 18.5. The van der Waals surface area contributed by atoms with Crippen molar-refractivity contribution in [1.29, 1.82) is 0 Å². The molecule has 1 aliphatic carbocycles. The van der Waals surface area contributed by atoms with Crippen LogP contribution in [0.2, 0.25) is 0 Å². The van der Waals surface area contributed by atoms with Gasteiger partial charge in [-0.25, -0.2) is 4.79 Å². The van der Waals surface area contributed by atoms with Crippen molar-refractivity contribution in [3.8, 4) is 11.3 Å². The van der Waals surface area contributed by atoms with Crippen molar-refractivity contribution in [2.45, 2.75) is 63.5 Å². The van der Waals surface area contributed by atoms with Crippen LogP contribution in [0.25, 0.3) is 22.2 Å². The molecule has 0 unspecified atom stereocenters. The van der Waals surface area contributed by atoms with Crippen LogP contribution in [0.5, 0.6) is 0 Å². The molecule has 7 nitrogen and oxygen atoms in total. The highest BCUT2D eigenvalue weighted by molar-refractivity contribution is 6.00. The lowest BCUT2D eigenvalue weighted by Gasteiger charge is -2.33. The zero-order chi connectivity index (χ0) is 26.2. The number of carbonyl (C=O) groups excluding carboxylic acids is 1. The number of likely N-dealkylation sites (tertiary alicyclic amines) is 1. The molecule has 2 aromatic carbocycles. The van der Waals surface area contributed by atoms with Crippen LogP contribution in [0.1, 0.15) is 66.8 Å². The monoisotopic (exact) mass is 551 g/mol. The lowest BCUT2D eigenvalue weighted by Crippen LogP contribution is -2.46. The Balaban J connectivity index is 0.00000308. The molecule has 3 aliphatic rings. The minimum Gasteiger partial charge on any atom is -0.478 e. The molecule has 1 amide bonds. The van der Waals surface area contributed by atoms with Gasteiger partial charge in [-0.2, -0.15) is 0 Å². The summed E-state index contributed by atoms with van der Waals surface area (Å²) in [5, 5.41) is 10.9. The number of carboxylic acids is 1. The molecule has 6 rings (SSSR count). The molecule has 0 atom stereocenters. The maximum atomic E-state index is 13.4. The minimum absolute atomic E-state index is 0. The van der Waals surface area contributed by atoms with E-state index in [9.17, 15) is 14.7 Å². The summed E-state index contributed by atoms with van der Waals surface area (Å²) in [7, 11) is 1.75. The second-order valence-corrected chi connectivity index (χ2v) is 11.0. The van der Waals surface area contributed by atoms with Crippen LogP contribution in [0, 0.1) is 0 Å². The summed E-state index contributed by atoms with van der Waals surface area (Å²) < 4.78 is 7.82. The van der Waals surface area contributed by atoms with Crippen molar-refractivity contribution in [3.63, 3.8) is 0 Å². The Labute approximate surface area is 236 Å². The highest BCUT2D eigenvalue weighted by atomic mass is 35.5. The molecule has 1 N–H and O–H groups in total. The largest absolute Gasteiger partial charge is 0.478 e.